The summed E-state index contributed by atoms with van der Waals surface area (Å²) in [6.07, 6.45) is 2.35. The first-order valence-corrected chi connectivity index (χ1v) is 8.22. The highest BCUT2D eigenvalue weighted by molar-refractivity contribution is 5.68. The molecule has 0 atom stereocenters. The number of benzene rings is 1. The Hall–Kier alpha value is -3.09. The Morgan fingerprint density at radius 2 is 1.96 bits per heavy atom. The fraction of sp³-hybridized carbons (Fsp3) is 0.278. The molecule has 0 saturated heterocycles. The third-order valence-electron chi connectivity index (χ3n) is 4.40. The molecule has 7 nitrogen and oxygen atoms in total. The van der Waals surface area contributed by atoms with E-state index in [1.165, 1.54) is 4.52 Å². The quantitative estimate of drug-likeness (QED) is 0.775. The maximum atomic E-state index is 12.3. The predicted octanol–water partition coefficient (Wildman–Crippen LogP) is 2.17. The predicted molar refractivity (Wildman–Crippen MR) is 90.3 cm³/mol. The number of amides is 1. The lowest BCUT2D eigenvalue weighted by Crippen LogP contribution is -2.33. The number of carbonyl (C=O) groups is 1. The molecular weight excluding hydrogens is 320 g/mol. The Bertz CT molecular complexity index is 907. The van der Waals surface area contributed by atoms with Crippen molar-refractivity contribution in [3.63, 3.8) is 0 Å². The highest BCUT2D eigenvalue weighted by Crippen LogP contribution is 2.25. The molecule has 1 aromatic carbocycles. The summed E-state index contributed by atoms with van der Waals surface area (Å²) < 4.78 is 6.82. The van der Waals surface area contributed by atoms with Crippen molar-refractivity contribution in [2.75, 3.05) is 13.1 Å². The maximum absolute atomic E-state index is 12.3. The van der Waals surface area contributed by atoms with Gasteiger partial charge in [-0.15, -0.1) is 0 Å². The standard InChI is InChI=1S/C18H18N4O3/c23-17-14-7-10-21(18(24)25-12-13-4-2-1-3-5-13)11-8-15(14)20-16-6-9-19-22(16)17/h1-6,9,23H,7-8,10-12H2. The average Bonchev–Trinajstić information content (AvgIpc) is 3.00. The molecule has 0 saturated carbocycles. The van der Waals surface area contributed by atoms with Crippen LogP contribution in [0.25, 0.3) is 5.65 Å². The Kier molecular flexibility index (Phi) is 3.97. The van der Waals surface area contributed by atoms with Crippen LogP contribution in [-0.4, -0.2) is 43.8 Å². The Morgan fingerprint density at radius 1 is 1.16 bits per heavy atom. The van der Waals surface area contributed by atoms with Crippen molar-refractivity contribution in [2.45, 2.75) is 19.4 Å². The molecular formula is C18H18N4O3. The minimum absolute atomic E-state index is 0.101. The molecule has 1 aliphatic heterocycles. The van der Waals surface area contributed by atoms with Crippen molar-refractivity contribution >= 4 is 11.7 Å². The van der Waals surface area contributed by atoms with Crippen LogP contribution >= 0.6 is 0 Å². The number of aromatic nitrogens is 3. The molecule has 1 N–H and O–H groups in total. The first-order chi connectivity index (χ1) is 12.2. The van der Waals surface area contributed by atoms with E-state index in [0.29, 0.717) is 31.6 Å². The Labute approximate surface area is 144 Å². The number of fused-ring (bicyclic) bond motifs is 2. The second-order valence-electron chi connectivity index (χ2n) is 5.99. The molecule has 4 rings (SSSR count). The number of hydrogen-bond acceptors (Lipinski definition) is 5. The summed E-state index contributed by atoms with van der Waals surface area (Å²) in [5.41, 5.74) is 3.12. The third kappa shape index (κ3) is 3.00. The molecule has 3 heterocycles. The Morgan fingerprint density at radius 3 is 2.80 bits per heavy atom. The van der Waals surface area contributed by atoms with Crippen LogP contribution in [0.3, 0.4) is 0 Å². The first kappa shape index (κ1) is 15.4. The van der Waals surface area contributed by atoms with Gasteiger partial charge < -0.3 is 14.7 Å². The van der Waals surface area contributed by atoms with Gasteiger partial charge in [0.2, 0.25) is 5.88 Å². The van der Waals surface area contributed by atoms with Crippen LogP contribution in [0.4, 0.5) is 4.79 Å². The molecule has 3 aromatic rings. The van der Waals surface area contributed by atoms with Gasteiger partial charge in [-0.3, -0.25) is 0 Å². The SMILES string of the molecule is O=C(OCc1ccccc1)N1CCc2nc3ccnn3c(O)c2CC1. The number of rotatable bonds is 2. The van der Waals surface area contributed by atoms with E-state index in [4.69, 9.17) is 4.74 Å². The zero-order valence-corrected chi connectivity index (χ0v) is 13.6. The lowest BCUT2D eigenvalue weighted by molar-refractivity contribution is 0.0977. The van der Waals surface area contributed by atoms with E-state index in [1.54, 1.807) is 17.2 Å². The largest absolute Gasteiger partial charge is 0.493 e. The van der Waals surface area contributed by atoms with E-state index >= 15 is 0 Å². The van der Waals surface area contributed by atoms with Gasteiger partial charge in [0.15, 0.2) is 5.65 Å². The zero-order chi connectivity index (χ0) is 17.2. The van der Waals surface area contributed by atoms with E-state index in [1.807, 2.05) is 30.3 Å². The van der Waals surface area contributed by atoms with Crippen molar-refractivity contribution in [2.24, 2.45) is 0 Å². The van der Waals surface area contributed by atoms with Crippen molar-refractivity contribution in [1.82, 2.24) is 19.5 Å². The third-order valence-corrected chi connectivity index (χ3v) is 4.40. The van der Waals surface area contributed by atoms with Gasteiger partial charge in [-0.25, -0.2) is 9.78 Å². The molecule has 25 heavy (non-hydrogen) atoms. The van der Waals surface area contributed by atoms with E-state index in [-0.39, 0.29) is 18.6 Å². The lowest BCUT2D eigenvalue weighted by Gasteiger charge is -2.19. The number of aromatic hydroxyl groups is 1. The summed E-state index contributed by atoms with van der Waals surface area (Å²) in [4.78, 5) is 18.6. The van der Waals surface area contributed by atoms with Gasteiger partial charge in [-0.2, -0.15) is 9.61 Å². The van der Waals surface area contributed by atoms with Crippen molar-refractivity contribution < 1.29 is 14.6 Å². The fourth-order valence-corrected chi connectivity index (χ4v) is 3.06. The number of nitrogens with zero attached hydrogens (tertiary/aromatic N) is 4. The summed E-state index contributed by atoms with van der Waals surface area (Å²) in [6, 6.07) is 11.3. The topological polar surface area (TPSA) is 80.0 Å². The second kappa shape index (κ2) is 6.43. The van der Waals surface area contributed by atoms with Gasteiger partial charge in [0, 0.05) is 31.1 Å². The lowest BCUT2D eigenvalue weighted by atomic mass is 10.1. The molecule has 0 unspecified atom stereocenters. The summed E-state index contributed by atoms with van der Waals surface area (Å²) in [5.74, 6) is 0.101. The molecule has 1 amide bonds. The highest BCUT2D eigenvalue weighted by atomic mass is 16.6. The van der Waals surface area contributed by atoms with E-state index in [2.05, 4.69) is 10.1 Å². The number of ether oxygens (including phenoxy) is 1. The molecule has 0 bridgehead atoms. The molecule has 128 valence electrons. The van der Waals surface area contributed by atoms with Gasteiger partial charge >= 0.3 is 6.09 Å². The first-order valence-electron chi connectivity index (χ1n) is 8.22. The summed E-state index contributed by atoms with van der Waals surface area (Å²) in [5, 5.41) is 14.5. The summed E-state index contributed by atoms with van der Waals surface area (Å²) in [7, 11) is 0. The summed E-state index contributed by atoms with van der Waals surface area (Å²) >= 11 is 0. The maximum Gasteiger partial charge on any atom is 0.410 e. The smallest absolute Gasteiger partial charge is 0.410 e. The molecule has 0 radical (unpaired) electrons. The number of hydrogen-bond donors (Lipinski definition) is 1. The van der Waals surface area contributed by atoms with Crippen LogP contribution in [0.5, 0.6) is 5.88 Å². The Balaban J connectivity index is 1.46. The van der Waals surface area contributed by atoms with Gasteiger partial charge in [-0.05, 0) is 12.0 Å². The van der Waals surface area contributed by atoms with Crippen LogP contribution in [0.1, 0.15) is 16.8 Å². The van der Waals surface area contributed by atoms with Gasteiger partial charge in [-0.1, -0.05) is 30.3 Å². The molecule has 2 aromatic heterocycles. The molecule has 0 spiro atoms. The molecule has 1 aliphatic rings. The van der Waals surface area contributed by atoms with Gasteiger partial charge in [0.05, 0.1) is 11.9 Å². The highest BCUT2D eigenvalue weighted by Gasteiger charge is 2.24. The average molecular weight is 338 g/mol. The van der Waals surface area contributed by atoms with E-state index in [0.717, 1.165) is 16.8 Å². The zero-order valence-electron chi connectivity index (χ0n) is 13.6. The fourth-order valence-electron chi connectivity index (χ4n) is 3.06. The van der Waals surface area contributed by atoms with Gasteiger partial charge in [0.1, 0.15) is 6.61 Å². The number of carbonyl (C=O) groups excluding carboxylic acids is 1. The molecule has 7 heteroatoms. The second-order valence-corrected chi connectivity index (χ2v) is 5.99. The van der Waals surface area contributed by atoms with Crippen LogP contribution in [-0.2, 0) is 24.2 Å². The van der Waals surface area contributed by atoms with Crippen molar-refractivity contribution in [1.29, 1.82) is 0 Å². The normalized spacial score (nSPS) is 14.2. The molecule has 0 fully saturated rings. The van der Waals surface area contributed by atoms with Crippen LogP contribution in [0, 0.1) is 0 Å². The van der Waals surface area contributed by atoms with Crippen molar-refractivity contribution in [3.05, 3.63) is 59.4 Å². The van der Waals surface area contributed by atoms with Gasteiger partial charge in [0.25, 0.3) is 0 Å². The van der Waals surface area contributed by atoms with E-state index in [9.17, 15) is 9.90 Å². The van der Waals surface area contributed by atoms with Crippen LogP contribution in [0.2, 0.25) is 0 Å². The minimum Gasteiger partial charge on any atom is -0.493 e. The van der Waals surface area contributed by atoms with E-state index < -0.39 is 0 Å². The minimum atomic E-state index is -0.346. The summed E-state index contributed by atoms with van der Waals surface area (Å²) in [6.45, 7) is 1.24. The molecule has 0 aliphatic carbocycles. The monoisotopic (exact) mass is 338 g/mol. The van der Waals surface area contributed by atoms with Crippen LogP contribution < -0.4 is 0 Å². The van der Waals surface area contributed by atoms with Crippen molar-refractivity contribution in [3.8, 4) is 5.88 Å². The van der Waals surface area contributed by atoms with Crippen LogP contribution in [0.15, 0.2) is 42.6 Å².